The molecule has 1 amide bonds. The van der Waals surface area contributed by atoms with Crippen molar-refractivity contribution in [3.8, 4) is 5.75 Å². The monoisotopic (exact) mass is 434 g/mol. The fourth-order valence-electron chi connectivity index (χ4n) is 3.70. The molecule has 1 atom stereocenters. The van der Waals surface area contributed by atoms with E-state index in [1.54, 1.807) is 6.07 Å². The van der Waals surface area contributed by atoms with Gasteiger partial charge in [0.2, 0.25) is 15.9 Å². The van der Waals surface area contributed by atoms with E-state index in [0.717, 1.165) is 21.9 Å². The number of para-hydroxylation sites is 2. The molecule has 1 N–H and O–H groups in total. The van der Waals surface area contributed by atoms with Gasteiger partial charge in [0.05, 0.1) is 18.0 Å². The molecule has 30 heavy (non-hydrogen) atoms. The third kappa shape index (κ3) is 5.30. The Hall–Kier alpha value is -2.61. The van der Waals surface area contributed by atoms with Crippen LogP contribution in [0.3, 0.4) is 0 Å². The van der Waals surface area contributed by atoms with Gasteiger partial charge in [-0.2, -0.15) is 0 Å². The topological polar surface area (TPSA) is 75.7 Å². The maximum absolute atomic E-state index is 14.1. The third-order valence-corrected chi connectivity index (χ3v) is 6.18. The first-order chi connectivity index (χ1) is 14.1. The van der Waals surface area contributed by atoms with Crippen LogP contribution in [0, 0.1) is 5.82 Å². The molecule has 6 nitrogen and oxygen atoms in total. The van der Waals surface area contributed by atoms with Crippen molar-refractivity contribution in [2.24, 2.45) is 0 Å². The van der Waals surface area contributed by atoms with Crippen molar-refractivity contribution in [2.75, 3.05) is 17.1 Å². The molecule has 2 aromatic carbocycles. The second-order valence-electron chi connectivity index (χ2n) is 8.11. The lowest BCUT2D eigenvalue weighted by Gasteiger charge is -2.37. The van der Waals surface area contributed by atoms with Gasteiger partial charge in [-0.05, 0) is 38.5 Å². The largest absolute Gasteiger partial charge is 0.487 e. The molecule has 2 aromatic rings. The highest BCUT2D eigenvalue weighted by atomic mass is 32.2. The molecular weight excluding hydrogens is 407 g/mol. The molecular formula is C22H27FN2O4S. The Labute approximate surface area is 177 Å². The zero-order valence-electron chi connectivity index (χ0n) is 17.4. The zero-order chi connectivity index (χ0) is 21.9. The van der Waals surface area contributed by atoms with Gasteiger partial charge in [0.15, 0.2) is 0 Å². The second kappa shape index (κ2) is 8.63. The molecule has 0 saturated carbocycles. The molecule has 0 radical (unpaired) electrons. The first-order valence-corrected chi connectivity index (χ1v) is 11.7. The summed E-state index contributed by atoms with van der Waals surface area (Å²) in [6.45, 7) is 3.96. The van der Waals surface area contributed by atoms with E-state index in [4.69, 9.17) is 4.74 Å². The number of amides is 1. The van der Waals surface area contributed by atoms with Crippen molar-refractivity contribution in [1.82, 2.24) is 5.32 Å². The van der Waals surface area contributed by atoms with Crippen LogP contribution in [0.5, 0.6) is 5.75 Å². The summed E-state index contributed by atoms with van der Waals surface area (Å²) in [5.74, 6) is -0.0511. The summed E-state index contributed by atoms with van der Waals surface area (Å²) in [6.07, 6.45) is 2.04. The molecule has 162 valence electrons. The summed E-state index contributed by atoms with van der Waals surface area (Å²) in [6, 6.07) is 13.1. The summed E-state index contributed by atoms with van der Waals surface area (Å²) < 4.78 is 45.3. The maximum atomic E-state index is 14.1. The molecule has 0 aromatic heterocycles. The van der Waals surface area contributed by atoms with Crippen LogP contribution >= 0.6 is 0 Å². The van der Waals surface area contributed by atoms with Crippen LogP contribution < -0.4 is 14.4 Å². The summed E-state index contributed by atoms with van der Waals surface area (Å²) in [7, 11) is -3.68. The van der Waals surface area contributed by atoms with Gasteiger partial charge in [0.25, 0.3) is 0 Å². The predicted octanol–water partition coefficient (Wildman–Crippen LogP) is 3.79. The first kappa shape index (κ1) is 22.1. The number of rotatable bonds is 7. The van der Waals surface area contributed by atoms with E-state index in [9.17, 15) is 17.6 Å². The number of nitrogens with one attached hydrogen (secondary N) is 1. The molecule has 8 heteroatoms. The van der Waals surface area contributed by atoms with Crippen molar-refractivity contribution in [2.45, 2.75) is 44.8 Å². The smallest absolute Gasteiger partial charge is 0.232 e. The Bertz CT molecular complexity index is 1020. The van der Waals surface area contributed by atoms with E-state index >= 15 is 0 Å². The van der Waals surface area contributed by atoms with Gasteiger partial charge >= 0.3 is 0 Å². The molecule has 3 rings (SSSR count). The van der Waals surface area contributed by atoms with E-state index in [2.05, 4.69) is 5.32 Å². The second-order valence-corrected chi connectivity index (χ2v) is 10.0. The van der Waals surface area contributed by atoms with E-state index in [1.165, 1.54) is 18.2 Å². The Morgan fingerprint density at radius 1 is 1.20 bits per heavy atom. The highest BCUT2D eigenvalue weighted by Gasteiger charge is 2.34. The van der Waals surface area contributed by atoms with Gasteiger partial charge in [-0.25, -0.2) is 12.8 Å². The highest BCUT2D eigenvalue weighted by molar-refractivity contribution is 7.92. The van der Waals surface area contributed by atoms with E-state index in [1.807, 2.05) is 38.1 Å². The Morgan fingerprint density at radius 2 is 1.87 bits per heavy atom. The molecule has 0 unspecified atom stereocenters. The van der Waals surface area contributed by atoms with Crippen LogP contribution in [0.2, 0.25) is 0 Å². The Balaban J connectivity index is 1.64. The molecule has 0 fully saturated rings. The molecule has 0 spiro atoms. The molecule has 1 heterocycles. The minimum atomic E-state index is -3.68. The maximum Gasteiger partial charge on any atom is 0.232 e. The van der Waals surface area contributed by atoms with E-state index in [0.29, 0.717) is 6.42 Å². The van der Waals surface area contributed by atoms with Gasteiger partial charge in [-0.15, -0.1) is 0 Å². The normalized spacial score (nSPS) is 17.5. The van der Waals surface area contributed by atoms with Crippen LogP contribution in [0.25, 0.3) is 0 Å². The minimum absolute atomic E-state index is 0.0134. The number of hydrogen-bond donors (Lipinski definition) is 1. The minimum Gasteiger partial charge on any atom is -0.487 e. The highest BCUT2D eigenvalue weighted by Crippen LogP contribution is 2.39. The van der Waals surface area contributed by atoms with Gasteiger partial charge < -0.3 is 10.1 Å². The zero-order valence-corrected chi connectivity index (χ0v) is 18.2. The molecule has 0 bridgehead atoms. The molecule has 1 aliphatic heterocycles. The Kier molecular flexibility index (Phi) is 6.36. The summed E-state index contributed by atoms with van der Waals surface area (Å²) in [5.41, 5.74) is 0.499. The van der Waals surface area contributed by atoms with Gasteiger partial charge in [-0.3, -0.25) is 9.10 Å². The van der Waals surface area contributed by atoms with Crippen molar-refractivity contribution in [3.05, 3.63) is 59.9 Å². The number of halogens is 1. The van der Waals surface area contributed by atoms with Crippen molar-refractivity contribution >= 4 is 21.6 Å². The standard InChI is InChI=1S/C22H27FN2O4S/c1-22(2)15-18(16-9-4-7-12-20(16)29-22)24-21(26)13-8-14-25(30(3,27)28)19-11-6-5-10-17(19)23/h4-7,9-12,18H,8,13-15H2,1-3H3,(H,24,26)/t18-/m0/s1. The predicted molar refractivity (Wildman–Crippen MR) is 114 cm³/mol. The summed E-state index contributed by atoms with van der Waals surface area (Å²) in [4.78, 5) is 12.6. The van der Waals surface area contributed by atoms with Crippen LogP contribution in [-0.2, 0) is 14.8 Å². The number of sulfonamides is 1. The average molecular weight is 435 g/mol. The number of nitrogens with zero attached hydrogens (tertiary/aromatic N) is 1. The molecule has 0 aliphatic carbocycles. The first-order valence-electron chi connectivity index (χ1n) is 9.86. The van der Waals surface area contributed by atoms with Crippen molar-refractivity contribution in [3.63, 3.8) is 0 Å². The lowest BCUT2D eigenvalue weighted by molar-refractivity contribution is -0.122. The number of benzene rings is 2. The van der Waals surface area contributed by atoms with E-state index < -0.39 is 21.4 Å². The fourth-order valence-corrected chi connectivity index (χ4v) is 4.67. The lowest BCUT2D eigenvalue weighted by atomic mass is 9.89. The summed E-state index contributed by atoms with van der Waals surface area (Å²) >= 11 is 0. The van der Waals surface area contributed by atoms with Crippen LogP contribution in [0.4, 0.5) is 10.1 Å². The number of carbonyl (C=O) groups is 1. The average Bonchev–Trinajstić information content (AvgIpc) is 2.64. The van der Waals surface area contributed by atoms with Crippen molar-refractivity contribution in [1.29, 1.82) is 0 Å². The van der Waals surface area contributed by atoms with Crippen molar-refractivity contribution < 1.29 is 22.3 Å². The summed E-state index contributed by atoms with van der Waals surface area (Å²) in [5, 5.41) is 3.03. The van der Waals surface area contributed by atoms with E-state index in [-0.39, 0.29) is 37.0 Å². The van der Waals surface area contributed by atoms with Gasteiger partial charge in [0, 0.05) is 24.9 Å². The SMILES string of the molecule is CC1(C)C[C@H](NC(=O)CCCN(c2ccccc2F)S(C)(=O)=O)c2ccccc2O1. The number of anilines is 1. The van der Waals surface area contributed by atoms with Gasteiger partial charge in [-0.1, -0.05) is 30.3 Å². The fraction of sp³-hybridized carbons (Fsp3) is 0.409. The third-order valence-electron chi connectivity index (χ3n) is 5.00. The number of ether oxygens (including phenoxy) is 1. The number of carbonyl (C=O) groups excluding carboxylic acids is 1. The Morgan fingerprint density at radius 3 is 2.57 bits per heavy atom. The quantitative estimate of drug-likeness (QED) is 0.719. The van der Waals surface area contributed by atoms with Crippen LogP contribution in [-0.4, -0.2) is 32.7 Å². The number of hydrogen-bond acceptors (Lipinski definition) is 4. The van der Waals surface area contributed by atoms with Gasteiger partial charge in [0.1, 0.15) is 17.2 Å². The number of fused-ring (bicyclic) bond motifs is 1. The van der Waals surface area contributed by atoms with Crippen LogP contribution in [0.15, 0.2) is 48.5 Å². The molecule has 1 aliphatic rings. The molecule has 0 saturated heterocycles. The lowest BCUT2D eigenvalue weighted by Crippen LogP contribution is -2.41. The van der Waals surface area contributed by atoms with Crippen LogP contribution in [0.1, 0.15) is 44.7 Å².